The normalized spacial score (nSPS) is 13.3. The van der Waals surface area contributed by atoms with Crippen molar-refractivity contribution in [3.63, 3.8) is 0 Å². The zero-order chi connectivity index (χ0) is 18.0. The molecule has 5 nitrogen and oxygen atoms in total. The third-order valence-electron chi connectivity index (χ3n) is 3.31. The Morgan fingerprint density at radius 2 is 1.92 bits per heavy atom. The maximum absolute atomic E-state index is 12.7. The topological polar surface area (TPSA) is 59.9 Å². The first kappa shape index (κ1) is 17.1. The van der Waals surface area contributed by atoms with Crippen LogP contribution in [0, 0.1) is 0 Å². The van der Waals surface area contributed by atoms with E-state index in [9.17, 15) is 18.0 Å². The van der Waals surface area contributed by atoms with Gasteiger partial charge in [0.25, 0.3) is 5.91 Å². The number of nitrogens with one attached hydrogen (secondary N) is 1. The highest BCUT2D eigenvalue weighted by Crippen LogP contribution is 2.36. The number of hydrogen-bond acceptors (Lipinski definition) is 4. The zero-order valence-corrected chi connectivity index (χ0v) is 13.2. The van der Waals surface area contributed by atoms with Gasteiger partial charge in [0, 0.05) is 17.2 Å². The highest BCUT2D eigenvalue weighted by atomic mass is 35.5. The number of fused-ring (bicyclic) bond motifs is 1. The molecule has 0 unspecified atom stereocenters. The van der Waals surface area contributed by atoms with Gasteiger partial charge in [0.05, 0.1) is 16.8 Å². The van der Waals surface area contributed by atoms with Gasteiger partial charge in [-0.05, 0) is 24.3 Å². The molecule has 0 aromatic heterocycles. The summed E-state index contributed by atoms with van der Waals surface area (Å²) in [6, 6.07) is 7.15. The van der Waals surface area contributed by atoms with Crippen LogP contribution in [-0.4, -0.2) is 18.9 Å². The Balaban J connectivity index is 1.72. The molecule has 0 atom stereocenters. The molecular weight excluding hydrogens is 361 g/mol. The van der Waals surface area contributed by atoms with Gasteiger partial charge >= 0.3 is 6.18 Å². The summed E-state index contributed by atoms with van der Waals surface area (Å²) in [5.74, 6) is 0.199. The average molecular weight is 371 g/mol. The molecule has 0 spiro atoms. The first-order valence-corrected chi connectivity index (χ1v) is 7.32. The molecule has 25 heavy (non-hydrogen) atoms. The molecule has 0 aliphatic carbocycles. The molecule has 3 rings (SSSR count). The smallest absolute Gasteiger partial charge is 0.416 e. The minimum Gasteiger partial charge on any atom is -0.454 e. The van der Waals surface area contributed by atoms with E-state index in [0.29, 0.717) is 22.1 Å². The molecule has 1 aliphatic rings. The number of alkyl halides is 3. The fraction of sp³-hybridized carbons (Fsp3) is 0.125. The fourth-order valence-corrected chi connectivity index (χ4v) is 2.30. The number of carbonyl (C=O) groups is 1. The van der Waals surface area contributed by atoms with Crippen LogP contribution in [0.25, 0.3) is 0 Å². The predicted octanol–water partition coefficient (Wildman–Crippen LogP) is 3.85. The molecule has 2 aromatic rings. The number of amides is 1. The van der Waals surface area contributed by atoms with Gasteiger partial charge in [0.2, 0.25) is 6.79 Å². The van der Waals surface area contributed by atoms with E-state index in [4.69, 9.17) is 21.1 Å². The van der Waals surface area contributed by atoms with Gasteiger partial charge < -0.3 is 9.47 Å². The summed E-state index contributed by atoms with van der Waals surface area (Å²) in [4.78, 5) is 11.9. The van der Waals surface area contributed by atoms with E-state index in [1.165, 1.54) is 12.3 Å². The van der Waals surface area contributed by atoms with Gasteiger partial charge in [0.1, 0.15) is 0 Å². The van der Waals surface area contributed by atoms with E-state index < -0.39 is 17.6 Å². The van der Waals surface area contributed by atoms with Crippen LogP contribution in [0.4, 0.5) is 13.2 Å². The standard InChI is InChI=1S/C16H10ClF3N2O3/c17-12-6-14-13(24-8-25-14)5-10(12)7-21-22-15(23)9-2-1-3-11(4-9)16(18,19)20/h1-7H,8H2,(H,22,23)/b21-7-. The average Bonchev–Trinajstić information content (AvgIpc) is 3.01. The Kier molecular flexibility index (Phi) is 4.54. The van der Waals surface area contributed by atoms with Crippen molar-refractivity contribution in [2.45, 2.75) is 6.18 Å². The Bertz CT molecular complexity index is 853. The van der Waals surface area contributed by atoms with Crippen molar-refractivity contribution in [1.29, 1.82) is 0 Å². The summed E-state index contributed by atoms with van der Waals surface area (Å²) in [5, 5.41) is 4.03. The van der Waals surface area contributed by atoms with E-state index in [2.05, 4.69) is 10.5 Å². The molecule has 0 radical (unpaired) electrons. The highest BCUT2D eigenvalue weighted by molar-refractivity contribution is 6.33. The van der Waals surface area contributed by atoms with Crippen LogP contribution in [0.2, 0.25) is 5.02 Å². The van der Waals surface area contributed by atoms with E-state index in [0.717, 1.165) is 18.2 Å². The lowest BCUT2D eigenvalue weighted by atomic mass is 10.1. The molecular formula is C16H10ClF3N2O3. The molecule has 0 bridgehead atoms. The van der Waals surface area contributed by atoms with Crippen LogP contribution in [0.15, 0.2) is 41.5 Å². The lowest BCUT2D eigenvalue weighted by Gasteiger charge is -2.07. The summed E-state index contributed by atoms with van der Waals surface area (Å²) in [5.41, 5.74) is 1.53. The molecule has 1 aliphatic heterocycles. The number of nitrogens with zero attached hydrogens (tertiary/aromatic N) is 1. The van der Waals surface area contributed by atoms with Crippen LogP contribution in [0.1, 0.15) is 21.5 Å². The third kappa shape index (κ3) is 3.85. The largest absolute Gasteiger partial charge is 0.454 e. The number of benzene rings is 2. The van der Waals surface area contributed by atoms with Crippen molar-refractivity contribution in [1.82, 2.24) is 5.43 Å². The second-order valence-electron chi connectivity index (χ2n) is 5.00. The van der Waals surface area contributed by atoms with Gasteiger partial charge in [-0.1, -0.05) is 17.7 Å². The lowest BCUT2D eigenvalue weighted by molar-refractivity contribution is -0.137. The Morgan fingerprint density at radius 1 is 1.20 bits per heavy atom. The molecule has 0 fully saturated rings. The molecule has 9 heteroatoms. The van der Waals surface area contributed by atoms with Crippen molar-refractivity contribution in [2.75, 3.05) is 6.79 Å². The quantitative estimate of drug-likeness (QED) is 0.659. The molecule has 1 N–H and O–H groups in total. The SMILES string of the molecule is O=C(N/N=C\c1cc2c(cc1Cl)OCO2)c1cccc(C(F)(F)F)c1. The number of rotatable bonds is 3. The van der Waals surface area contributed by atoms with Gasteiger partial charge in [-0.25, -0.2) is 5.43 Å². The summed E-state index contributed by atoms with van der Waals surface area (Å²) < 4.78 is 48.3. The van der Waals surface area contributed by atoms with Crippen molar-refractivity contribution in [3.8, 4) is 11.5 Å². The van der Waals surface area contributed by atoms with Crippen LogP contribution >= 0.6 is 11.6 Å². The van der Waals surface area contributed by atoms with Crippen molar-refractivity contribution < 1.29 is 27.4 Å². The van der Waals surface area contributed by atoms with Gasteiger partial charge in [-0.3, -0.25) is 4.79 Å². The van der Waals surface area contributed by atoms with Gasteiger partial charge in [-0.2, -0.15) is 18.3 Å². The number of ether oxygens (including phenoxy) is 2. The van der Waals surface area contributed by atoms with Gasteiger partial charge in [0.15, 0.2) is 11.5 Å². The minimum absolute atomic E-state index is 0.0819. The van der Waals surface area contributed by atoms with Crippen molar-refractivity contribution in [3.05, 3.63) is 58.1 Å². The van der Waals surface area contributed by atoms with Crippen molar-refractivity contribution >= 4 is 23.7 Å². The van der Waals surface area contributed by atoms with Crippen LogP contribution in [-0.2, 0) is 6.18 Å². The molecule has 0 saturated carbocycles. The van der Waals surface area contributed by atoms with E-state index >= 15 is 0 Å². The first-order chi connectivity index (χ1) is 11.8. The monoisotopic (exact) mass is 370 g/mol. The second-order valence-corrected chi connectivity index (χ2v) is 5.41. The summed E-state index contributed by atoms with van der Waals surface area (Å²) in [6.45, 7) is 0.0819. The molecule has 1 heterocycles. The molecule has 1 amide bonds. The predicted molar refractivity (Wildman–Crippen MR) is 84.1 cm³/mol. The van der Waals surface area contributed by atoms with E-state index in [-0.39, 0.29) is 12.4 Å². The maximum atomic E-state index is 12.7. The van der Waals surface area contributed by atoms with E-state index in [1.54, 1.807) is 12.1 Å². The number of hydrazone groups is 1. The maximum Gasteiger partial charge on any atom is 0.416 e. The summed E-state index contributed by atoms with van der Waals surface area (Å²) >= 11 is 6.05. The third-order valence-corrected chi connectivity index (χ3v) is 3.64. The Labute approximate surface area is 145 Å². The lowest BCUT2D eigenvalue weighted by Crippen LogP contribution is -2.18. The number of hydrogen-bond donors (Lipinski definition) is 1. The highest BCUT2D eigenvalue weighted by Gasteiger charge is 2.30. The molecule has 2 aromatic carbocycles. The summed E-state index contributed by atoms with van der Waals surface area (Å²) in [6.07, 6.45) is -3.27. The van der Waals surface area contributed by atoms with Crippen molar-refractivity contribution in [2.24, 2.45) is 5.10 Å². The molecule has 0 saturated heterocycles. The number of carbonyl (C=O) groups excluding carboxylic acids is 1. The van der Waals surface area contributed by atoms with E-state index in [1.807, 2.05) is 0 Å². The van der Waals surface area contributed by atoms with Crippen LogP contribution < -0.4 is 14.9 Å². The number of halogens is 4. The Hall–Kier alpha value is -2.74. The van der Waals surface area contributed by atoms with Crippen LogP contribution in [0.5, 0.6) is 11.5 Å². The minimum atomic E-state index is -4.53. The second kappa shape index (κ2) is 6.64. The summed E-state index contributed by atoms with van der Waals surface area (Å²) in [7, 11) is 0. The zero-order valence-electron chi connectivity index (χ0n) is 12.4. The van der Waals surface area contributed by atoms with Gasteiger partial charge in [-0.15, -0.1) is 0 Å². The van der Waals surface area contributed by atoms with Crippen LogP contribution in [0.3, 0.4) is 0 Å². The molecule has 130 valence electrons. The first-order valence-electron chi connectivity index (χ1n) is 6.94. The Morgan fingerprint density at radius 3 is 2.64 bits per heavy atom. The fourth-order valence-electron chi connectivity index (χ4n) is 2.09.